The van der Waals surface area contributed by atoms with Crippen molar-refractivity contribution in [2.24, 2.45) is 0 Å². The molecule has 204 valence electrons. The molecule has 1 aliphatic heterocycles. The molecule has 38 heavy (non-hydrogen) atoms. The van der Waals surface area contributed by atoms with Crippen LogP contribution in [0.25, 0.3) is 0 Å². The largest absolute Gasteiger partial charge is 0.491 e. The molecule has 1 fully saturated rings. The van der Waals surface area contributed by atoms with Crippen LogP contribution in [0.1, 0.15) is 26.3 Å². The Labute approximate surface area is 229 Å². The molecule has 0 atom stereocenters. The van der Waals surface area contributed by atoms with Crippen molar-refractivity contribution in [2.45, 2.75) is 36.8 Å². The Balaban J connectivity index is 1.75. The maximum atomic E-state index is 14.0. The number of halogens is 3. The number of carbonyl (C=O) groups excluding carboxylic acids is 2. The average molecular weight is 587 g/mol. The topological polar surface area (TPSA) is 138 Å². The summed E-state index contributed by atoms with van der Waals surface area (Å²) in [5, 5.41) is 14.1. The molecule has 2 N–H and O–H groups in total. The SMILES string of the molecule is CC(C)(C)OC(=O)NCC(=O)NC1(COc2ccc(C#N)c(F)c2)CN(S(=O)(=O)c2ccc(Cl)cc2Cl)C1. The van der Waals surface area contributed by atoms with Crippen LogP contribution in [0.15, 0.2) is 41.3 Å². The zero-order valence-electron chi connectivity index (χ0n) is 20.7. The molecule has 10 nitrogen and oxygen atoms in total. The molecule has 1 aliphatic rings. The highest BCUT2D eigenvalue weighted by Crippen LogP contribution is 2.33. The molecule has 0 radical (unpaired) electrons. The van der Waals surface area contributed by atoms with E-state index in [1.54, 1.807) is 26.8 Å². The predicted molar refractivity (Wildman–Crippen MR) is 137 cm³/mol. The van der Waals surface area contributed by atoms with E-state index in [1.807, 2.05) is 0 Å². The molecule has 0 unspecified atom stereocenters. The van der Waals surface area contributed by atoms with Crippen LogP contribution < -0.4 is 15.4 Å². The monoisotopic (exact) mass is 586 g/mol. The number of nitriles is 1. The lowest BCUT2D eigenvalue weighted by Crippen LogP contribution is -2.74. The van der Waals surface area contributed by atoms with E-state index in [2.05, 4.69) is 10.6 Å². The first kappa shape index (κ1) is 29.4. The Bertz CT molecular complexity index is 1390. The normalized spacial score (nSPS) is 15.1. The summed E-state index contributed by atoms with van der Waals surface area (Å²) in [4.78, 5) is 24.4. The number of alkyl carbamates (subject to hydrolysis) is 1. The fourth-order valence-corrected chi connectivity index (χ4v) is 5.89. The highest BCUT2D eigenvalue weighted by Gasteiger charge is 2.50. The minimum absolute atomic E-state index is 0.0649. The van der Waals surface area contributed by atoms with Crippen LogP contribution >= 0.6 is 23.2 Å². The number of ether oxygens (including phenoxy) is 2. The van der Waals surface area contributed by atoms with Gasteiger partial charge in [-0.1, -0.05) is 23.2 Å². The lowest BCUT2D eigenvalue weighted by Gasteiger charge is -2.48. The number of hydrogen-bond donors (Lipinski definition) is 2. The van der Waals surface area contributed by atoms with Crippen molar-refractivity contribution in [1.82, 2.24) is 14.9 Å². The van der Waals surface area contributed by atoms with Gasteiger partial charge in [-0.15, -0.1) is 0 Å². The van der Waals surface area contributed by atoms with Gasteiger partial charge in [-0.2, -0.15) is 9.57 Å². The van der Waals surface area contributed by atoms with Gasteiger partial charge in [0.15, 0.2) is 0 Å². The zero-order chi connectivity index (χ0) is 28.3. The minimum atomic E-state index is -4.05. The average Bonchev–Trinajstić information content (AvgIpc) is 2.77. The van der Waals surface area contributed by atoms with Crippen molar-refractivity contribution in [3.05, 3.63) is 57.8 Å². The van der Waals surface area contributed by atoms with Crippen LogP contribution in [0.5, 0.6) is 5.75 Å². The summed E-state index contributed by atoms with van der Waals surface area (Å²) in [5.74, 6) is -1.35. The van der Waals surface area contributed by atoms with E-state index in [0.717, 1.165) is 10.4 Å². The van der Waals surface area contributed by atoms with Gasteiger partial charge in [0.25, 0.3) is 0 Å². The van der Waals surface area contributed by atoms with E-state index >= 15 is 0 Å². The van der Waals surface area contributed by atoms with Gasteiger partial charge < -0.3 is 20.1 Å². The quantitative estimate of drug-likeness (QED) is 0.483. The van der Waals surface area contributed by atoms with Crippen LogP contribution in [0, 0.1) is 17.1 Å². The van der Waals surface area contributed by atoms with E-state index < -0.39 is 45.5 Å². The van der Waals surface area contributed by atoms with E-state index in [-0.39, 0.29) is 46.0 Å². The van der Waals surface area contributed by atoms with Crippen molar-refractivity contribution in [3.8, 4) is 11.8 Å². The molecular weight excluding hydrogens is 562 g/mol. The number of nitrogens with one attached hydrogen (secondary N) is 2. The summed E-state index contributed by atoms with van der Waals surface area (Å²) in [6.07, 6.45) is -0.804. The summed E-state index contributed by atoms with van der Waals surface area (Å²) < 4.78 is 52.1. The first-order valence-electron chi connectivity index (χ1n) is 11.2. The molecule has 0 aliphatic carbocycles. The van der Waals surface area contributed by atoms with Gasteiger partial charge >= 0.3 is 6.09 Å². The predicted octanol–water partition coefficient (Wildman–Crippen LogP) is 3.47. The van der Waals surface area contributed by atoms with Crippen LogP contribution in [-0.2, 0) is 19.6 Å². The maximum absolute atomic E-state index is 14.0. The van der Waals surface area contributed by atoms with Gasteiger partial charge in [-0.05, 0) is 51.1 Å². The fraction of sp³-hybridized carbons (Fsp3) is 0.375. The van der Waals surface area contributed by atoms with Crippen molar-refractivity contribution in [2.75, 3.05) is 26.2 Å². The second-order valence-corrected chi connectivity index (χ2v) is 12.3. The summed E-state index contributed by atoms with van der Waals surface area (Å²) in [5.41, 5.74) is -2.16. The molecule has 1 saturated heterocycles. The summed E-state index contributed by atoms with van der Waals surface area (Å²) in [6, 6.07) is 9.30. The van der Waals surface area contributed by atoms with E-state index in [0.29, 0.717) is 0 Å². The van der Waals surface area contributed by atoms with Gasteiger partial charge in [0, 0.05) is 24.2 Å². The number of rotatable bonds is 8. The Kier molecular flexibility index (Phi) is 8.78. The van der Waals surface area contributed by atoms with Crippen LogP contribution in [-0.4, -0.2) is 62.1 Å². The standard InChI is InChI=1S/C24H25Cl2FN4O6S/c1-23(2,3)37-22(33)29-11-21(32)30-24(14-36-17-6-4-15(10-28)19(27)9-17)12-31(13-24)38(34,35)20-7-5-16(25)8-18(20)26/h4-9H,11-14H2,1-3H3,(H,29,33)(H,30,32). The molecule has 0 saturated carbocycles. The highest BCUT2D eigenvalue weighted by atomic mass is 35.5. The number of hydrogen-bond acceptors (Lipinski definition) is 7. The Morgan fingerprint density at radius 1 is 1.18 bits per heavy atom. The van der Waals surface area contributed by atoms with Crippen molar-refractivity contribution < 1.29 is 31.9 Å². The summed E-state index contributed by atoms with van der Waals surface area (Å²) in [6.45, 7) is 3.91. The van der Waals surface area contributed by atoms with Gasteiger partial charge in [-0.3, -0.25) is 4.79 Å². The van der Waals surface area contributed by atoms with Gasteiger partial charge in [0.1, 0.15) is 46.8 Å². The molecular formula is C24H25Cl2FN4O6S. The molecule has 0 spiro atoms. The van der Waals surface area contributed by atoms with Gasteiger partial charge in [-0.25, -0.2) is 17.6 Å². The number of benzene rings is 2. The molecule has 0 aromatic heterocycles. The smallest absolute Gasteiger partial charge is 0.408 e. The first-order valence-corrected chi connectivity index (χ1v) is 13.4. The molecule has 0 bridgehead atoms. The lowest BCUT2D eigenvalue weighted by atomic mass is 9.93. The Morgan fingerprint density at radius 3 is 2.45 bits per heavy atom. The Hall–Kier alpha value is -3.11. The van der Waals surface area contributed by atoms with Gasteiger partial charge in [0.2, 0.25) is 15.9 Å². The highest BCUT2D eigenvalue weighted by molar-refractivity contribution is 7.89. The molecule has 2 amide bonds. The van der Waals surface area contributed by atoms with Crippen LogP contribution in [0.4, 0.5) is 9.18 Å². The molecule has 3 rings (SSSR count). The molecule has 1 heterocycles. The van der Waals surface area contributed by atoms with Crippen LogP contribution in [0.2, 0.25) is 10.0 Å². The summed E-state index contributed by atoms with van der Waals surface area (Å²) in [7, 11) is -4.05. The third-order valence-corrected chi connectivity index (χ3v) is 7.75. The lowest BCUT2D eigenvalue weighted by molar-refractivity contribution is -0.124. The van der Waals surface area contributed by atoms with E-state index in [9.17, 15) is 22.4 Å². The fourth-order valence-electron chi connectivity index (χ4n) is 3.53. The van der Waals surface area contributed by atoms with E-state index in [4.69, 9.17) is 37.9 Å². The number of carbonyl (C=O) groups is 2. The van der Waals surface area contributed by atoms with Crippen molar-refractivity contribution in [1.29, 1.82) is 5.26 Å². The number of nitrogens with zero attached hydrogens (tertiary/aromatic N) is 2. The number of amides is 2. The minimum Gasteiger partial charge on any atom is -0.491 e. The molecule has 2 aromatic rings. The molecule has 2 aromatic carbocycles. The Morgan fingerprint density at radius 2 is 1.87 bits per heavy atom. The summed E-state index contributed by atoms with van der Waals surface area (Å²) >= 11 is 12.0. The molecule has 14 heteroatoms. The van der Waals surface area contributed by atoms with E-state index in [1.165, 1.54) is 30.3 Å². The van der Waals surface area contributed by atoms with Gasteiger partial charge in [0.05, 0.1) is 10.6 Å². The third-order valence-electron chi connectivity index (χ3n) is 5.24. The van der Waals surface area contributed by atoms with Crippen molar-refractivity contribution in [3.63, 3.8) is 0 Å². The second-order valence-electron chi connectivity index (χ2n) is 9.57. The van der Waals surface area contributed by atoms with Crippen LogP contribution in [0.3, 0.4) is 0 Å². The third kappa shape index (κ3) is 7.26. The zero-order valence-corrected chi connectivity index (χ0v) is 23.0. The second kappa shape index (κ2) is 11.3. The number of sulfonamides is 1. The maximum Gasteiger partial charge on any atom is 0.408 e. The first-order chi connectivity index (χ1) is 17.6. The van der Waals surface area contributed by atoms with Crippen molar-refractivity contribution >= 4 is 45.2 Å².